The largest absolute Gasteiger partial charge is 0.389 e. The molecule has 0 aromatic carbocycles. The van der Waals surface area contributed by atoms with Crippen molar-refractivity contribution in [2.45, 2.75) is 64.2 Å². The molecule has 1 fully saturated rings. The summed E-state index contributed by atoms with van der Waals surface area (Å²) < 4.78 is 10.7. The van der Waals surface area contributed by atoms with Gasteiger partial charge in [0.25, 0.3) is 0 Å². The Labute approximate surface area is 134 Å². The van der Waals surface area contributed by atoms with Crippen LogP contribution < -0.4 is 5.32 Å². The number of carbonyl (C=O) groups excluding carboxylic acids is 1. The lowest BCUT2D eigenvalue weighted by molar-refractivity contribution is -0.0148. The Morgan fingerprint density at radius 2 is 1.95 bits per heavy atom. The van der Waals surface area contributed by atoms with Crippen molar-refractivity contribution in [1.82, 2.24) is 10.2 Å². The molecule has 1 rings (SSSR count). The number of aliphatic hydroxyl groups excluding tert-OH is 1. The zero-order valence-electron chi connectivity index (χ0n) is 14.2. The number of rotatable bonds is 9. The Hall–Kier alpha value is -0.850. The quantitative estimate of drug-likeness (QED) is 0.636. The SMILES string of the molecule is CC(C)OCCOC[C@@H](O)CN(C)C(=O)NC1CCCCC1. The Morgan fingerprint density at radius 1 is 1.27 bits per heavy atom. The van der Waals surface area contributed by atoms with Crippen LogP contribution in [0.5, 0.6) is 0 Å². The second-order valence-electron chi connectivity index (χ2n) is 6.31. The number of nitrogens with zero attached hydrogens (tertiary/aromatic N) is 1. The number of ether oxygens (including phenoxy) is 2. The van der Waals surface area contributed by atoms with Gasteiger partial charge >= 0.3 is 6.03 Å². The molecule has 130 valence electrons. The molecule has 0 spiro atoms. The van der Waals surface area contributed by atoms with Crippen molar-refractivity contribution in [3.8, 4) is 0 Å². The molecule has 1 aliphatic rings. The van der Waals surface area contributed by atoms with E-state index in [2.05, 4.69) is 5.32 Å². The van der Waals surface area contributed by atoms with Gasteiger partial charge in [-0.1, -0.05) is 19.3 Å². The number of likely N-dealkylation sites (N-methyl/N-ethyl adjacent to an activating group) is 1. The van der Waals surface area contributed by atoms with Gasteiger partial charge in [-0.05, 0) is 26.7 Å². The van der Waals surface area contributed by atoms with Gasteiger partial charge in [-0.3, -0.25) is 0 Å². The molecule has 2 N–H and O–H groups in total. The second kappa shape index (κ2) is 10.8. The fourth-order valence-electron chi connectivity index (χ4n) is 2.55. The summed E-state index contributed by atoms with van der Waals surface area (Å²) in [4.78, 5) is 13.6. The van der Waals surface area contributed by atoms with E-state index in [9.17, 15) is 9.90 Å². The second-order valence-corrected chi connectivity index (χ2v) is 6.31. The Balaban J connectivity index is 2.11. The molecule has 6 heteroatoms. The van der Waals surface area contributed by atoms with Gasteiger partial charge in [0.1, 0.15) is 0 Å². The monoisotopic (exact) mass is 316 g/mol. The van der Waals surface area contributed by atoms with Crippen LogP contribution >= 0.6 is 0 Å². The molecule has 0 unspecified atom stereocenters. The highest BCUT2D eigenvalue weighted by Gasteiger charge is 2.19. The minimum absolute atomic E-state index is 0.117. The van der Waals surface area contributed by atoms with Crippen molar-refractivity contribution < 1.29 is 19.4 Å². The number of amides is 2. The molecule has 0 aromatic heterocycles. The molecule has 0 aromatic rings. The average molecular weight is 316 g/mol. The van der Waals surface area contributed by atoms with Crippen LogP contribution in [0.2, 0.25) is 0 Å². The maximum atomic E-state index is 12.0. The van der Waals surface area contributed by atoms with Crippen molar-refractivity contribution >= 4 is 6.03 Å². The molecule has 2 amide bonds. The zero-order chi connectivity index (χ0) is 16.4. The molecule has 0 saturated heterocycles. The minimum atomic E-state index is -0.679. The highest BCUT2D eigenvalue weighted by molar-refractivity contribution is 5.74. The van der Waals surface area contributed by atoms with Crippen molar-refractivity contribution in [2.75, 3.05) is 33.4 Å². The van der Waals surface area contributed by atoms with E-state index in [0.29, 0.717) is 13.2 Å². The molecule has 0 bridgehead atoms. The predicted molar refractivity (Wildman–Crippen MR) is 85.9 cm³/mol. The normalized spacial score (nSPS) is 17.5. The number of hydrogen-bond acceptors (Lipinski definition) is 4. The highest BCUT2D eigenvalue weighted by atomic mass is 16.5. The van der Waals surface area contributed by atoms with E-state index in [1.54, 1.807) is 7.05 Å². The highest BCUT2D eigenvalue weighted by Crippen LogP contribution is 2.17. The van der Waals surface area contributed by atoms with Gasteiger partial charge in [0.15, 0.2) is 0 Å². The molecule has 0 aliphatic heterocycles. The fraction of sp³-hybridized carbons (Fsp3) is 0.938. The molecule has 0 heterocycles. The van der Waals surface area contributed by atoms with Gasteiger partial charge in [-0.25, -0.2) is 4.79 Å². The lowest BCUT2D eigenvalue weighted by atomic mass is 9.96. The van der Waals surface area contributed by atoms with Crippen LogP contribution in [-0.4, -0.2) is 67.7 Å². The van der Waals surface area contributed by atoms with E-state index in [-0.39, 0.29) is 31.3 Å². The van der Waals surface area contributed by atoms with Gasteiger partial charge < -0.3 is 24.8 Å². The minimum Gasteiger partial charge on any atom is -0.389 e. The maximum absolute atomic E-state index is 12.0. The van der Waals surface area contributed by atoms with Crippen LogP contribution in [0.3, 0.4) is 0 Å². The van der Waals surface area contributed by atoms with Crippen LogP contribution in [0.15, 0.2) is 0 Å². The van der Waals surface area contributed by atoms with Crippen LogP contribution in [-0.2, 0) is 9.47 Å². The molecule has 0 radical (unpaired) electrons. The summed E-state index contributed by atoms with van der Waals surface area (Å²) in [5.74, 6) is 0. The van der Waals surface area contributed by atoms with Crippen molar-refractivity contribution in [2.24, 2.45) is 0 Å². The third-order valence-electron chi connectivity index (χ3n) is 3.75. The Morgan fingerprint density at radius 3 is 2.59 bits per heavy atom. The Bertz CT molecular complexity index is 307. The number of urea groups is 1. The van der Waals surface area contributed by atoms with Crippen LogP contribution in [0.25, 0.3) is 0 Å². The van der Waals surface area contributed by atoms with E-state index in [4.69, 9.17) is 9.47 Å². The van der Waals surface area contributed by atoms with Crippen LogP contribution in [0.4, 0.5) is 4.79 Å². The first-order valence-corrected chi connectivity index (χ1v) is 8.38. The molecule has 1 saturated carbocycles. The summed E-state index contributed by atoms with van der Waals surface area (Å²) in [6.07, 6.45) is 5.25. The average Bonchev–Trinajstić information content (AvgIpc) is 2.47. The smallest absolute Gasteiger partial charge is 0.317 e. The summed E-state index contributed by atoms with van der Waals surface area (Å²) in [5, 5.41) is 12.9. The summed E-state index contributed by atoms with van der Waals surface area (Å²) >= 11 is 0. The van der Waals surface area contributed by atoms with Gasteiger partial charge in [0.2, 0.25) is 0 Å². The Kier molecular flexibility index (Phi) is 9.43. The maximum Gasteiger partial charge on any atom is 0.317 e. The van der Waals surface area contributed by atoms with Gasteiger partial charge in [0, 0.05) is 13.1 Å². The fourth-order valence-corrected chi connectivity index (χ4v) is 2.55. The molecule has 22 heavy (non-hydrogen) atoms. The van der Waals surface area contributed by atoms with E-state index in [0.717, 1.165) is 12.8 Å². The van der Waals surface area contributed by atoms with E-state index in [1.165, 1.54) is 24.2 Å². The van der Waals surface area contributed by atoms with E-state index < -0.39 is 6.10 Å². The topological polar surface area (TPSA) is 71.0 Å². The summed E-state index contributed by atoms with van der Waals surface area (Å²) in [6, 6.07) is 0.166. The van der Waals surface area contributed by atoms with Crippen molar-refractivity contribution in [1.29, 1.82) is 0 Å². The lowest BCUT2D eigenvalue weighted by Gasteiger charge is -2.27. The zero-order valence-corrected chi connectivity index (χ0v) is 14.2. The van der Waals surface area contributed by atoms with Crippen molar-refractivity contribution in [3.63, 3.8) is 0 Å². The van der Waals surface area contributed by atoms with E-state index in [1.807, 2.05) is 13.8 Å². The number of nitrogens with one attached hydrogen (secondary N) is 1. The summed E-state index contributed by atoms with van der Waals surface area (Å²) in [7, 11) is 1.70. The number of hydrogen-bond donors (Lipinski definition) is 2. The van der Waals surface area contributed by atoms with Gasteiger partial charge in [-0.15, -0.1) is 0 Å². The summed E-state index contributed by atoms with van der Waals surface area (Å²) in [5.41, 5.74) is 0. The van der Waals surface area contributed by atoms with Crippen molar-refractivity contribution in [3.05, 3.63) is 0 Å². The van der Waals surface area contributed by atoms with Crippen LogP contribution in [0, 0.1) is 0 Å². The predicted octanol–water partition coefficient (Wildman–Crippen LogP) is 1.76. The molecule has 6 nitrogen and oxygen atoms in total. The lowest BCUT2D eigenvalue weighted by Crippen LogP contribution is -2.46. The molecular weight excluding hydrogens is 284 g/mol. The van der Waals surface area contributed by atoms with Crippen LogP contribution in [0.1, 0.15) is 46.0 Å². The molecular formula is C16H32N2O4. The molecule has 1 atom stereocenters. The standard InChI is InChI=1S/C16H32N2O4/c1-13(2)22-10-9-21-12-15(19)11-18(3)16(20)17-14-7-5-4-6-8-14/h13-15,19H,4-12H2,1-3H3,(H,17,20)/t15-/m0/s1. The first-order chi connectivity index (χ1) is 10.5. The van der Waals surface area contributed by atoms with Gasteiger partial charge in [-0.2, -0.15) is 0 Å². The van der Waals surface area contributed by atoms with Gasteiger partial charge in [0.05, 0.1) is 38.6 Å². The number of aliphatic hydroxyl groups is 1. The summed E-state index contributed by atoms with van der Waals surface area (Å²) in [6.45, 7) is 5.38. The number of carbonyl (C=O) groups is 1. The third kappa shape index (κ3) is 8.56. The first kappa shape index (κ1) is 19.2. The first-order valence-electron chi connectivity index (χ1n) is 8.38. The third-order valence-corrected chi connectivity index (χ3v) is 3.75. The van der Waals surface area contributed by atoms with E-state index >= 15 is 0 Å². The molecule has 1 aliphatic carbocycles.